The van der Waals surface area contributed by atoms with Gasteiger partial charge in [0.05, 0.1) is 6.42 Å². The van der Waals surface area contributed by atoms with Gasteiger partial charge in [0.1, 0.15) is 6.17 Å². The van der Waals surface area contributed by atoms with E-state index < -0.39 is 6.17 Å². The first-order valence-electron chi connectivity index (χ1n) is 9.96. The lowest BCUT2D eigenvalue weighted by molar-refractivity contribution is -0.795. The highest BCUT2D eigenvalue weighted by Gasteiger charge is 2.15. The van der Waals surface area contributed by atoms with Gasteiger partial charge in [0.2, 0.25) is 0 Å². The summed E-state index contributed by atoms with van der Waals surface area (Å²) in [6, 6.07) is 0. The molecule has 0 rings (SSSR count). The monoisotopic (exact) mass is 328 g/mol. The van der Waals surface area contributed by atoms with Crippen molar-refractivity contribution >= 4 is 5.91 Å². The maximum Gasteiger partial charge on any atom is 0.313 e. The molecule has 0 heterocycles. The average molecular weight is 329 g/mol. The van der Waals surface area contributed by atoms with Crippen LogP contribution in [0.15, 0.2) is 0 Å². The van der Waals surface area contributed by atoms with Crippen molar-refractivity contribution in [1.29, 1.82) is 0 Å². The molecule has 0 aliphatic carbocycles. The van der Waals surface area contributed by atoms with Crippen molar-refractivity contribution in [3.63, 3.8) is 0 Å². The van der Waals surface area contributed by atoms with E-state index in [0.717, 1.165) is 12.8 Å². The van der Waals surface area contributed by atoms with Gasteiger partial charge in [0, 0.05) is 6.42 Å². The minimum absolute atomic E-state index is 0.276. The van der Waals surface area contributed by atoms with E-state index >= 15 is 0 Å². The maximum absolute atomic E-state index is 11.6. The molecule has 138 valence electrons. The lowest BCUT2D eigenvalue weighted by atomic mass is 10.0. The second-order valence-electron chi connectivity index (χ2n) is 6.79. The zero-order valence-corrected chi connectivity index (χ0v) is 15.6. The van der Waals surface area contributed by atoms with Crippen molar-refractivity contribution in [3.05, 3.63) is 5.21 Å². The van der Waals surface area contributed by atoms with Gasteiger partial charge in [0.15, 0.2) is 0 Å². The van der Waals surface area contributed by atoms with Crippen molar-refractivity contribution in [1.82, 2.24) is 0 Å². The molecular formula is C19H40N2O2. The van der Waals surface area contributed by atoms with Crippen molar-refractivity contribution < 1.29 is 9.86 Å². The van der Waals surface area contributed by atoms with Crippen LogP contribution in [0.1, 0.15) is 110 Å². The number of nitrogens with one attached hydrogen (secondary N) is 1. The van der Waals surface area contributed by atoms with Crippen LogP contribution in [-0.4, -0.2) is 12.1 Å². The molecule has 0 bridgehead atoms. The number of rotatable bonds is 16. The van der Waals surface area contributed by atoms with Gasteiger partial charge in [-0.15, -0.1) is 0 Å². The van der Waals surface area contributed by atoms with Gasteiger partial charge in [-0.05, 0) is 6.42 Å². The molecule has 2 unspecified atom stereocenters. The second-order valence-corrected chi connectivity index (χ2v) is 6.79. The number of quaternary nitrogens is 1. The number of unbranched alkanes of at least 4 members (excludes halogenated alkanes) is 12. The molecule has 23 heavy (non-hydrogen) atoms. The molecule has 0 saturated heterocycles. The first-order chi connectivity index (χ1) is 11.1. The molecule has 0 aromatic carbocycles. The SMILES string of the molecule is CCCCCCCCCCCCCCCC(=O)[NH+]([O-])C(N)CC. The number of amides is 1. The number of nitrogens with two attached hydrogens (primary N) is 1. The number of hydrogen-bond donors (Lipinski definition) is 2. The Hall–Kier alpha value is -0.450. The maximum atomic E-state index is 11.6. The van der Waals surface area contributed by atoms with Crippen LogP contribution in [0.25, 0.3) is 0 Å². The van der Waals surface area contributed by atoms with Crippen LogP contribution < -0.4 is 10.8 Å². The fourth-order valence-corrected chi connectivity index (χ4v) is 2.82. The molecule has 0 spiro atoms. The van der Waals surface area contributed by atoms with Crippen LogP contribution in [0.2, 0.25) is 0 Å². The largest absolute Gasteiger partial charge is 0.626 e. The van der Waals surface area contributed by atoms with E-state index in [1.807, 2.05) is 6.92 Å². The van der Waals surface area contributed by atoms with Gasteiger partial charge in [-0.3, -0.25) is 10.8 Å². The Labute approximate surface area is 143 Å². The van der Waals surface area contributed by atoms with Gasteiger partial charge in [0.25, 0.3) is 0 Å². The van der Waals surface area contributed by atoms with Crippen molar-refractivity contribution in [2.24, 2.45) is 5.73 Å². The second kappa shape index (κ2) is 16.4. The molecule has 0 aliphatic rings. The van der Waals surface area contributed by atoms with Crippen LogP contribution in [0, 0.1) is 5.21 Å². The highest BCUT2D eigenvalue weighted by Crippen LogP contribution is 2.12. The number of carbonyl (C=O) groups excluding carboxylic acids is 1. The molecule has 0 radical (unpaired) electrons. The minimum atomic E-state index is -0.593. The lowest BCUT2D eigenvalue weighted by Gasteiger charge is -2.25. The zero-order valence-electron chi connectivity index (χ0n) is 15.6. The van der Waals surface area contributed by atoms with Crippen LogP contribution in [0.3, 0.4) is 0 Å². The van der Waals surface area contributed by atoms with Crippen molar-refractivity contribution in [2.45, 2.75) is 116 Å². The van der Waals surface area contributed by atoms with Gasteiger partial charge in [-0.2, -0.15) is 0 Å². The Morgan fingerprint density at radius 2 is 1.22 bits per heavy atom. The Balaban J connectivity index is 3.26. The van der Waals surface area contributed by atoms with E-state index in [0.29, 0.717) is 12.8 Å². The lowest BCUT2D eigenvalue weighted by Crippen LogP contribution is -3.15. The predicted molar refractivity (Wildman–Crippen MR) is 97.9 cm³/mol. The highest BCUT2D eigenvalue weighted by atomic mass is 16.5. The van der Waals surface area contributed by atoms with Crippen LogP contribution in [0.5, 0.6) is 0 Å². The molecule has 0 saturated carbocycles. The van der Waals surface area contributed by atoms with E-state index in [1.165, 1.54) is 70.6 Å². The summed E-state index contributed by atoms with van der Waals surface area (Å²) in [6.45, 7) is 4.09. The van der Waals surface area contributed by atoms with E-state index in [4.69, 9.17) is 5.73 Å². The van der Waals surface area contributed by atoms with Gasteiger partial charge in [-0.25, -0.2) is 4.79 Å². The van der Waals surface area contributed by atoms with Crippen LogP contribution >= 0.6 is 0 Å². The predicted octanol–water partition coefficient (Wildman–Crippen LogP) is 4.07. The Bertz CT molecular complexity index is 272. The Morgan fingerprint density at radius 1 is 0.826 bits per heavy atom. The Morgan fingerprint density at radius 3 is 1.61 bits per heavy atom. The summed E-state index contributed by atoms with van der Waals surface area (Å²) in [4.78, 5) is 11.6. The smallest absolute Gasteiger partial charge is 0.313 e. The molecule has 3 N–H and O–H groups in total. The molecule has 4 heteroatoms. The third kappa shape index (κ3) is 13.7. The summed E-state index contributed by atoms with van der Waals surface area (Å²) in [5, 5.41) is 11.2. The first kappa shape index (κ1) is 22.6. The van der Waals surface area contributed by atoms with E-state index in [2.05, 4.69) is 6.92 Å². The van der Waals surface area contributed by atoms with E-state index in [9.17, 15) is 10.0 Å². The Kier molecular flexibility index (Phi) is 16.1. The van der Waals surface area contributed by atoms with E-state index in [-0.39, 0.29) is 11.0 Å². The third-order valence-corrected chi connectivity index (χ3v) is 4.56. The fraction of sp³-hybridized carbons (Fsp3) is 0.947. The first-order valence-corrected chi connectivity index (χ1v) is 9.96. The quantitative estimate of drug-likeness (QED) is 0.255. The normalized spacial score (nSPS) is 13.9. The van der Waals surface area contributed by atoms with Crippen molar-refractivity contribution in [2.75, 3.05) is 0 Å². The van der Waals surface area contributed by atoms with Gasteiger partial charge in [-0.1, -0.05) is 90.9 Å². The standard InChI is InChI=1S/C19H40N2O2/c1-3-5-6-7-8-9-10-11-12-13-14-15-16-17-19(22)21(23)18(20)4-2/h18,21H,3-17,20H2,1-2H3. The highest BCUT2D eigenvalue weighted by molar-refractivity contribution is 5.66. The molecule has 0 aliphatic heterocycles. The van der Waals surface area contributed by atoms with Gasteiger partial charge >= 0.3 is 5.91 Å². The molecule has 4 nitrogen and oxygen atoms in total. The number of carbonyl (C=O) groups is 1. The topological polar surface area (TPSA) is 70.6 Å². The van der Waals surface area contributed by atoms with Crippen LogP contribution in [0.4, 0.5) is 0 Å². The number of hydrogen-bond acceptors (Lipinski definition) is 3. The summed E-state index contributed by atoms with van der Waals surface area (Å²) < 4.78 is 0. The molecule has 0 fully saturated rings. The van der Waals surface area contributed by atoms with Gasteiger partial charge < -0.3 is 5.21 Å². The molecule has 0 aromatic rings. The number of hydroxylamine groups is 2. The van der Waals surface area contributed by atoms with Crippen LogP contribution in [-0.2, 0) is 4.79 Å². The summed E-state index contributed by atoms with van der Waals surface area (Å²) in [6.07, 6.45) is 17.0. The third-order valence-electron chi connectivity index (χ3n) is 4.56. The summed E-state index contributed by atoms with van der Waals surface area (Å²) in [5.74, 6) is -0.276. The van der Waals surface area contributed by atoms with E-state index in [1.54, 1.807) is 0 Å². The average Bonchev–Trinajstić information content (AvgIpc) is 2.57. The molecular weight excluding hydrogens is 288 g/mol. The molecule has 1 amide bonds. The van der Waals surface area contributed by atoms with Crippen molar-refractivity contribution in [3.8, 4) is 0 Å². The summed E-state index contributed by atoms with van der Waals surface area (Å²) >= 11 is 0. The zero-order chi connectivity index (χ0) is 17.3. The molecule has 0 aromatic heterocycles. The summed E-state index contributed by atoms with van der Waals surface area (Å²) in [7, 11) is 0. The fourth-order valence-electron chi connectivity index (χ4n) is 2.82. The minimum Gasteiger partial charge on any atom is -0.626 e. The summed E-state index contributed by atoms with van der Waals surface area (Å²) in [5.41, 5.74) is 5.59. The molecule has 2 atom stereocenters.